The molecule has 1 fully saturated rings. The van der Waals surface area contributed by atoms with Crippen LogP contribution in [0.25, 0.3) is 0 Å². The average molecular weight is 283 g/mol. The summed E-state index contributed by atoms with van der Waals surface area (Å²) in [4.78, 5) is 14.4. The average Bonchev–Trinajstić information content (AvgIpc) is 2.84. The number of benzene rings is 1. The summed E-state index contributed by atoms with van der Waals surface area (Å²) in [6.07, 6.45) is 3.52. The van der Waals surface area contributed by atoms with Crippen LogP contribution in [0, 0.1) is 0 Å². The van der Waals surface area contributed by atoms with Gasteiger partial charge in [0.25, 0.3) is 5.91 Å². The van der Waals surface area contributed by atoms with Gasteiger partial charge in [0, 0.05) is 24.9 Å². The zero-order valence-corrected chi connectivity index (χ0v) is 11.6. The standard InChI is InChI=1S/C14H19ClN2O2/c15-11-6-1-7-12(16)13(11)14(19)17-8-2-4-10(17)5-3-9-18/h1,6-7,10,18H,2-5,8-9,16H2. The lowest BCUT2D eigenvalue weighted by Gasteiger charge is -2.25. The second-order valence-electron chi connectivity index (χ2n) is 4.86. The first-order valence-electron chi connectivity index (χ1n) is 6.61. The Balaban J connectivity index is 2.18. The Kier molecular flexibility index (Phi) is 4.66. The minimum atomic E-state index is -0.0939. The van der Waals surface area contributed by atoms with Crippen molar-refractivity contribution >= 4 is 23.2 Å². The Morgan fingerprint density at radius 3 is 3.00 bits per heavy atom. The lowest BCUT2D eigenvalue weighted by atomic mass is 10.1. The summed E-state index contributed by atoms with van der Waals surface area (Å²) >= 11 is 6.09. The van der Waals surface area contributed by atoms with Gasteiger partial charge in [0.15, 0.2) is 0 Å². The van der Waals surface area contributed by atoms with Crippen LogP contribution >= 0.6 is 11.6 Å². The van der Waals surface area contributed by atoms with Crippen molar-refractivity contribution in [3.63, 3.8) is 0 Å². The Labute approximate surface area is 118 Å². The van der Waals surface area contributed by atoms with Gasteiger partial charge in [0.1, 0.15) is 0 Å². The Morgan fingerprint density at radius 1 is 1.53 bits per heavy atom. The van der Waals surface area contributed by atoms with Gasteiger partial charge in [-0.15, -0.1) is 0 Å². The van der Waals surface area contributed by atoms with Crippen molar-refractivity contribution in [1.29, 1.82) is 0 Å². The lowest BCUT2D eigenvalue weighted by Crippen LogP contribution is -2.36. The van der Waals surface area contributed by atoms with Gasteiger partial charge in [-0.3, -0.25) is 4.79 Å². The molecule has 0 radical (unpaired) electrons. The molecule has 1 heterocycles. The number of carbonyl (C=O) groups excluding carboxylic acids is 1. The van der Waals surface area contributed by atoms with Gasteiger partial charge in [-0.25, -0.2) is 0 Å². The van der Waals surface area contributed by atoms with Crippen LogP contribution in [-0.2, 0) is 0 Å². The summed E-state index contributed by atoms with van der Waals surface area (Å²) in [6, 6.07) is 5.30. The first-order valence-corrected chi connectivity index (χ1v) is 6.98. The fraction of sp³-hybridized carbons (Fsp3) is 0.500. The highest BCUT2D eigenvalue weighted by atomic mass is 35.5. The number of amides is 1. The Bertz CT molecular complexity index is 445. The number of likely N-dealkylation sites (tertiary alicyclic amines) is 1. The number of carbonyl (C=O) groups is 1. The number of nitrogens with zero attached hydrogens (tertiary/aromatic N) is 1. The van der Waals surface area contributed by atoms with Crippen LogP contribution in [0.5, 0.6) is 0 Å². The molecular weight excluding hydrogens is 264 g/mol. The second kappa shape index (κ2) is 6.26. The van der Waals surface area contributed by atoms with E-state index in [0.29, 0.717) is 22.7 Å². The number of halogens is 1. The molecule has 0 bridgehead atoms. The third-order valence-electron chi connectivity index (χ3n) is 3.59. The maximum absolute atomic E-state index is 12.6. The minimum absolute atomic E-state index is 0.0939. The van der Waals surface area contributed by atoms with Gasteiger partial charge in [0.05, 0.1) is 10.6 Å². The maximum atomic E-state index is 12.6. The highest BCUT2D eigenvalue weighted by Gasteiger charge is 2.30. The van der Waals surface area contributed by atoms with Crippen molar-refractivity contribution in [3.05, 3.63) is 28.8 Å². The monoisotopic (exact) mass is 282 g/mol. The third kappa shape index (κ3) is 3.01. The van der Waals surface area contributed by atoms with Crippen LogP contribution in [0.15, 0.2) is 18.2 Å². The van der Waals surface area contributed by atoms with E-state index in [0.717, 1.165) is 25.8 Å². The molecule has 0 aromatic heterocycles. The van der Waals surface area contributed by atoms with Gasteiger partial charge in [-0.05, 0) is 37.8 Å². The van der Waals surface area contributed by atoms with E-state index in [-0.39, 0.29) is 18.6 Å². The van der Waals surface area contributed by atoms with Crippen LogP contribution in [0.2, 0.25) is 5.02 Å². The summed E-state index contributed by atoms with van der Waals surface area (Å²) < 4.78 is 0. The van der Waals surface area contributed by atoms with Crippen molar-refractivity contribution in [1.82, 2.24) is 4.90 Å². The number of aliphatic hydroxyl groups excluding tert-OH is 1. The minimum Gasteiger partial charge on any atom is -0.398 e. The molecular formula is C14H19ClN2O2. The summed E-state index contributed by atoms with van der Waals surface area (Å²) in [5.74, 6) is -0.0939. The molecule has 1 aliphatic heterocycles. The molecule has 2 rings (SSSR count). The zero-order chi connectivity index (χ0) is 13.8. The molecule has 104 valence electrons. The number of nitrogens with two attached hydrogens (primary N) is 1. The third-order valence-corrected chi connectivity index (χ3v) is 3.91. The van der Waals surface area contributed by atoms with E-state index in [2.05, 4.69) is 0 Å². The van der Waals surface area contributed by atoms with Crippen molar-refractivity contribution in [3.8, 4) is 0 Å². The topological polar surface area (TPSA) is 66.6 Å². The molecule has 1 unspecified atom stereocenters. The number of nitrogen functional groups attached to an aromatic ring is 1. The number of hydrogen-bond donors (Lipinski definition) is 2. The van der Waals surface area contributed by atoms with Gasteiger partial charge >= 0.3 is 0 Å². The predicted molar refractivity (Wildman–Crippen MR) is 76.2 cm³/mol. The highest BCUT2D eigenvalue weighted by molar-refractivity contribution is 6.34. The van der Waals surface area contributed by atoms with E-state index in [1.807, 2.05) is 4.90 Å². The molecule has 5 heteroatoms. The van der Waals surface area contributed by atoms with Gasteiger partial charge < -0.3 is 15.7 Å². The maximum Gasteiger partial charge on any atom is 0.257 e. The lowest BCUT2D eigenvalue weighted by molar-refractivity contribution is 0.0725. The summed E-state index contributed by atoms with van der Waals surface area (Å²) in [7, 11) is 0. The predicted octanol–water partition coefficient (Wildman–Crippen LogP) is 2.30. The SMILES string of the molecule is Nc1cccc(Cl)c1C(=O)N1CCCC1CCCO. The summed E-state index contributed by atoms with van der Waals surface area (Å²) in [5, 5.41) is 9.31. The summed E-state index contributed by atoms with van der Waals surface area (Å²) in [6.45, 7) is 0.895. The smallest absolute Gasteiger partial charge is 0.257 e. The first-order chi connectivity index (χ1) is 9.15. The fourth-order valence-corrected chi connectivity index (χ4v) is 2.90. The number of rotatable bonds is 4. The number of hydrogen-bond acceptors (Lipinski definition) is 3. The Morgan fingerprint density at radius 2 is 2.32 bits per heavy atom. The number of anilines is 1. The molecule has 1 saturated heterocycles. The van der Waals surface area contributed by atoms with E-state index in [1.54, 1.807) is 18.2 Å². The van der Waals surface area contributed by atoms with E-state index < -0.39 is 0 Å². The summed E-state index contributed by atoms with van der Waals surface area (Å²) in [5.41, 5.74) is 6.69. The van der Waals surface area contributed by atoms with E-state index in [4.69, 9.17) is 22.4 Å². The molecule has 1 amide bonds. The molecule has 1 aliphatic rings. The molecule has 3 N–H and O–H groups in total. The quantitative estimate of drug-likeness (QED) is 0.833. The van der Waals surface area contributed by atoms with Crippen LogP contribution in [0.4, 0.5) is 5.69 Å². The van der Waals surface area contributed by atoms with Crippen molar-refractivity contribution in [2.75, 3.05) is 18.9 Å². The van der Waals surface area contributed by atoms with Crippen molar-refractivity contribution in [2.24, 2.45) is 0 Å². The van der Waals surface area contributed by atoms with Gasteiger partial charge in [-0.1, -0.05) is 17.7 Å². The Hall–Kier alpha value is -1.26. The largest absolute Gasteiger partial charge is 0.398 e. The molecule has 0 spiro atoms. The van der Waals surface area contributed by atoms with Crippen LogP contribution < -0.4 is 5.73 Å². The number of aliphatic hydroxyl groups is 1. The molecule has 19 heavy (non-hydrogen) atoms. The van der Waals surface area contributed by atoms with Gasteiger partial charge in [0.2, 0.25) is 0 Å². The molecule has 0 saturated carbocycles. The normalized spacial score (nSPS) is 18.8. The van der Waals surface area contributed by atoms with E-state index in [9.17, 15) is 4.79 Å². The molecule has 1 aromatic carbocycles. The van der Waals surface area contributed by atoms with Gasteiger partial charge in [-0.2, -0.15) is 0 Å². The van der Waals surface area contributed by atoms with E-state index >= 15 is 0 Å². The molecule has 1 atom stereocenters. The van der Waals surface area contributed by atoms with Crippen molar-refractivity contribution < 1.29 is 9.90 Å². The van der Waals surface area contributed by atoms with Crippen molar-refractivity contribution in [2.45, 2.75) is 31.7 Å². The zero-order valence-electron chi connectivity index (χ0n) is 10.8. The van der Waals surface area contributed by atoms with Crippen LogP contribution in [0.3, 0.4) is 0 Å². The highest BCUT2D eigenvalue weighted by Crippen LogP contribution is 2.28. The molecule has 1 aromatic rings. The van der Waals surface area contributed by atoms with Crippen LogP contribution in [0.1, 0.15) is 36.0 Å². The molecule has 0 aliphatic carbocycles. The van der Waals surface area contributed by atoms with E-state index in [1.165, 1.54) is 0 Å². The van der Waals surface area contributed by atoms with Crippen LogP contribution in [-0.4, -0.2) is 35.1 Å². The molecule has 4 nitrogen and oxygen atoms in total. The fourth-order valence-electron chi connectivity index (χ4n) is 2.64. The second-order valence-corrected chi connectivity index (χ2v) is 5.27. The first kappa shape index (κ1) is 14.2.